The van der Waals surface area contributed by atoms with Crippen LogP contribution >= 0.6 is 30.8 Å². The van der Waals surface area contributed by atoms with Crippen molar-refractivity contribution >= 4 is 64.8 Å². The molecule has 2 saturated heterocycles. The Morgan fingerprint density at radius 3 is 2.88 bits per heavy atom. The Labute approximate surface area is 242 Å². The van der Waals surface area contributed by atoms with Gasteiger partial charge in [-0.15, -0.1) is 16.9 Å². The number of hydrogen-bond donors (Lipinski definition) is 6. The molecular formula is C20H23F2N10O7PS2. The van der Waals surface area contributed by atoms with Crippen LogP contribution < -0.4 is 17.0 Å². The Bertz CT molecular complexity index is 1760. The van der Waals surface area contributed by atoms with Gasteiger partial charge in [0.25, 0.3) is 11.4 Å². The van der Waals surface area contributed by atoms with E-state index >= 15 is 8.78 Å². The summed E-state index contributed by atoms with van der Waals surface area (Å²) in [6, 6.07) is 1.45. The number of nitrogens with two attached hydrogens (primary N) is 2. The molecule has 226 valence electrons. The van der Waals surface area contributed by atoms with Crippen molar-refractivity contribution in [3.8, 4) is 0 Å². The molecule has 7 N–H and O–H groups in total. The van der Waals surface area contributed by atoms with E-state index in [2.05, 4.69) is 42.5 Å². The molecule has 4 aromatic rings. The van der Waals surface area contributed by atoms with Crippen molar-refractivity contribution in [3.63, 3.8) is 0 Å². The molecule has 0 saturated carbocycles. The number of aromatic amines is 1. The summed E-state index contributed by atoms with van der Waals surface area (Å²) in [6.07, 6.45) is -4.16. The second-order valence-corrected chi connectivity index (χ2v) is 13.7. The van der Waals surface area contributed by atoms with Crippen LogP contribution in [0, 0.1) is 0 Å². The zero-order valence-electron chi connectivity index (χ0n) is 21.1. The van der Waals surface area contributed by atoms with Crippen LogP contribution in [0.25, 0.3) is 22.3 Å². The minimum atomic E-state index is -4.43. The maximum absolute atomic E-state index is 16.0. The number of aromatic nitrogens is 8. The monoisotopic (exact) mass is 648 g/mol. The number of ether oxygens (including phenoxy) is 1. The molecule has 0 aromatic carbocycles. The predicted molar refractivity (Wildman–Crippen MR) is 147 cm³/mol. The average molecular weight is 649 g/mol. The largest absolute Gasteiger partial charge is 0.397 e. The third-order valence-corrected chi connectivity index (χ3v) is 10.0. The molecule has 6 rings (SSSR count). The lowest BCUT2D eigenvalue weighted by atomic mass is 10.1. The number of thioether (sulfide) groups is 1. The second kappa shape index (κ2) is 10.7. The van der Waals surface area contributed by atoms with E-state index in [1.165, 1.54) is 23.2 Å². The number of nitrogen functional groups attached to an aromatic ring is 2. The Morgan fingerprint density at radius 1 is 1.33 bits per heavy atom. The van der Waals surface area contributed by atoms with Gasteiger partial charge >= 0.3 is 6.80 Å². The van der Waals surface area contributed by atoms with Crippen LogP contribution in [0.5, 0.6) is 0 Å². The zero-order chi connectivity index (χ0) is 30.0. The molecule has 42 heavy (non-hydrogen) atoms. The van der Waals surface area contributed by atoms with Gasteiger partial charge < -0.3 is 26.4 Å². The molecule has 8 atom stereocenters. The maximum atomic E-state index is 16.0. The van der Waals surface area contributed by atoms with E-state index in [-0.39, 0.29) is 34.0 Å². The minimum Gasteiger partial charge on any atom is -0.397 e. The van der Waals surface area contributed by atoms with Gasteiger partial charge in [-0.25, -0.2) is 23.3 Å². The highest BCUT2D eigenvalue weighted by Crippen LogP contribution is 2.59. The van der Waals surface area contributed by atoms with Gasteiger partial charge in [-0.2, -0.15) is 9.67 Å². The van der Waals surface area contributed by atoms with Crippen LogP contribution in [0.15, 0.2) is 23.4 Å². The number of nitrogens with zero attached hydrogens (tertiary/aromatic N) is 7. The van der Waals surface area contributed by atoms with Gasteiger partial charge in [0.1, 0.15) is 36.5 Å². The predicted octanol–water partition coefficient (Wildman–Crippen LogP) is -0.110. The highest BCUT2D eigenvalue weighted by atomic mass is 32.7. The number of nitrogens with one attached hydrogen (secondary N) is 1. The summed E-state index contributed by atoms with van der Waals surface area (Å²) in [4.78, 5) is 26.6. The molecule has 0 radical (unpaired) electrons. The summed E-state index contributed by atoms with van der Waals surface area (Å²) in [7, 11) is 0. The van der Waals surface area contributed by atoms with Crippen LogP contribution in [0.2, 0.25) is 0 Å². The first-order chi connectivity index (χ1) is 19.9. The standard InChI is InChI=1S/C20H23F2N10O7PS2/c21-10-9(3-33)42-18(31-6-26-12-16(31)27-19(24)28-17(12)35)13(10)39-40(36,41)38-4-8-14(34)20(22,5-37-8)32-15-11(29-30-32)7(23)1-2-25-15/h1-2,6,8-10,13-14,18,33-34H,3-5H2,(H2,23,25)(H,36,41)(H3,24,27,28,35)/t8-,9-,10+,13-,14-,18-,20?,40?/m1/s1. The molecule has 2 aliphatic rings. The highest BCUT2D eigenvalue weighted by Gasteiger charge is 2.55. The molecular weight excluding hydrogens is 625 g/mol. The number of thiol groups is 1. The Balaban J connectivity index is 1.19. The van der Waals surface area contributed by atoms with E-state index in [1.807, 2.05) is 0 Å². The number of halogens is 2. The van der Waals surface area contributed by atoms with Gasteiger partial charge in [0.15, 0.2) is 22.3 Å². The first-order valence-corrected chi connectivity index (χ1v) is 15.8. The number of H-pyrrole nitrogens is 1. The molecule has 4 aromatic heterocycles. The van der Waals surface area contributed by atoms with Gasteiger partial charge in [0, 0.05) is 6.20 Å². The number of hydrogen-bond acceptors (Lipinski definition) is 15. The Hall–Kier alpha value is -2.91. The first kappa shape index (κ1) is 29.2. The molecule has 2 unspecified atom stereocenters. The normalized spacial score (nSPS) is 31.3. The minimum absolute atomic E-state index is 0.00157. The fourth-order valence-corrected chi connectivity index (χ4v) is 7.71. The van der Waals surface area contributed by atoms with Gasteiger partial charge in [-0.3, -0.25) is 23.4 Å². The molecule has 0 aliphatic carbocycles. The number of anilines is 2. The lowest BCUT2D eigenvalue weighted by molar-refractivity contribution is -0.0534. The topological polar surface area (TPSA) is 244 Å². The number of aliphatic hydroxyl groups is 2. The van der Waals surface area contributed by atoms with Crippen LogP contribution in [0.4, 0.5) is 20.4 Å². The van der Waals surface area contributed by atoms with Crippen LogP contribution in [0.1, 0.15) is 5.37 Å². The summed E-state index contributed by atoms with van der Waals surface area (Å²) < 4.78 is 62.8. The maximum Gasteiger partial charge on any atom is 0.386 e. The Morgan fingerprint density at radius 2 is 2.12 bits per heavy atom. The average Bonchev–Trinajstić information content (AvgIpc) is 3.70. The SMILES string of the molecule is Nc1nc2c(ncn2[C@@H]2S[C@H](CO)[C@H](F)[C@H]2OP(=O)(S)OC[C@H]2OCC(F)(n3nnc4c(N)ccnc43)[C@@H]2O)c(=O)[nH]1. The summed E-state index contributed by atoms with van der Waals surface area (Å²) >= 11 is 4.87. The zero-order valence-corrected chi connectivity index (χ0v) is 23.7. The summed E-state index contributed by atoms with van der Waals surface area (Å²) in [5.41, 5.74) is 11.0. The van der Waals surface area contributed by atoms with E-state index in [4.69, 9.17) is 25.3 Å². The smallest absolute Gasteiger partial charge is 0.386 e. The molecule has 0 bridgehead atoms. The molecule has 2 fully saturated rings. The van der Waals surface area contributed by atoms with Crippen molar-refractivity contribution in [2.45, 2.75) is 40.9 Å². The third-order valence-electron chi connectivity index (χ3n) is 6.85. The fraction of sp³-hybridized carbons (Fsp3) is 0.500. The fourth-order valence-electron chi connectivity index (χ4n) is 4.77. The van der Waals surface area contributed by atoms with Crippen molar-refractivity contribution in [1.82, 2.24) is 39.5 Å². The number of pyridine rings is 1. The number of imidazole rings is 1. The van der Waals surface area contributed by atoms with Gasteiger partial charge in [-0.05, 0) is 6.07 Å². The number of rotatable bonds is 8. The van der Waals surface area contributed by atoms with E-state index in [1.54, 1.807) is 0 Å². The molecule has 17 nitrogen and oxygen atoms in total. The van der Waals surface area contributed by atoms with E-state index in [0.29, 0.717) is 0 Å². The molecule has 22 heteroatoms. The number of fused-ring (bicyclic) bond motifs is 2. The van der Waals surface area contributed by atoms with Crippen molar-refractivity contribution in [2.24, 2.45) is 0 Å². The lowest BCUT2D eigenvalue weighted by Gasteiger charge is -2.26. The number of alkyl halides is 2. The van der Waals surface area contributed by atoms with Crippen molar-refractivity contribution in [2.75, 3.05) is 31.3 Å². The Kier molecular flexibility index (Phi) is 7.41. The third kappa shape index (κ3) is 4.82. The van der Waals surface area contributed by atoms with Gasteiger partial charge in [0.05, 0.1) is 30.5 Å². The quantitative estimate of drug-likeness (QED) is 0.108. The summed E-state index contributed by atoms with van der Waals surface area (Å²) in [6.45, 7) is -6.39. The summed E-state index contributed by atoms with van der Waals surface area (Å²) in [5, 5.41) is 26.0. The highest BCUT2D eigenvalue weighted by molar-refractivity contribution is 8.44. The van der Waals surface area contributed by atoms with E-state index in [9.17, 15) is 19.6 Å². The van der Waals surface area contributed by atoms with Crippen LogP contribution in [-0.2, 0) is 24.1 Å². The van der Waals surface area contributed by atoms with Crippen molar-refractivity contribution in [1.29, 1.82) is 0 Å². The van der Waals surface area contributed by atoms with Crippen LogP contribution in [0.3, 0.4) is 0 Å². The van der Waals surface area contributed by atoms with Crippen LogP contribution in [-0.4, -0.2) is 99.3 Å². The van der Waals surface area contributed by atoms with Crippen molar-refractivity contribution in [3.05, 3.63) is 28.9 Å². The van der Waals surface area contributed by atoms with Crippen molar-refractivity contribution < 1.29 is 37.3 Å². The second-order valence-electron chi connectivity index (χ2n) is 9.49. The molecule has 0 spiro atoms. The molecule has 0 amide bonds. The van der Waals surface area contributed by atoms with Gasteiger partial charge in [-0.1, -0.05) is 17.5 Å². The number of aliphatic hydroxyl groups excluding tert-OH is 2. The lowest BCUT2D eigenvalue weighted by Crippen LogP contribution is -2.44. The summed E-state index contributed by atoms with van der Waals surface area (Å²) in [5.74, 6) is -2.85. The molecule has 6 heterocycles. The van der Waals surface area contributed by atoms with E-state index < -0.39 is 73.1 Å². The van der Waals surface area contributed by atoms with Gasteiger partial charge in [0.2, 0.25) is 5.95 Å². The molecule has 2 aliphatic heterocycles. The van der Waals surface area contributed by atoms with E-state index in [0.717, 1.165) is 16.4 Å². The first-order valence-electron chi connectivity index (χ1n) is 12.2.